The molecule has 1 aliphatic rings. The van der Waals surface area contributed by atoms with Gasteiger partial charge >= 0.3 is 0 Å². The minimum atomic E-state index is -0.193. The Morgan fingerprint density at radius 2 is 2.17 bits per heavy atom. The number of nitrogens with zero attached hydrogens (tertiary/aromatic N) is 3. The number of H-pyrrole nitrogens is 1. The summed E-state index contributed by atoms with van der Waals surface area (Å²) in [6, 6.07) is 4.17. The molecular weight excluding hydrogens is 304 g/mol. The summed E-state index contributed by atoms with van der Waals surface area (Å²) in [6.45, 7) is 7.31. The van der Waals surface area contributed by atoms with Crippen LogP contribution in [0.4, 0.5) is 0 Å². The smallest absolute Gasteiger partial charge is 0.254 e. The van der Waals surface area contributed by atoms with E-state index in [-0.39, 0.29) is 23.9 Å². The van der Waals surface area contributed by atoms with Crippen molar-refractivity contribution in [3.63, 3.8) is 0 Å². The Labute approximate surface area is 141 Å². The van der Waals surface area contributed by atoms with Crippen LogP contribution >= 0.6 is 0 Å². The number of aryl methyl sites for hydroxylation is 2. The van der Waals surface area contributed by atoms with E-state index in [9.17, 15) is 9.59 Å². The number of rotatable bonds is 4. The molecule has 1 aliphatic heterocycles. The van der Waals surface area contributed by atoms with Crippen molar-refractivity contribution in [1.29, 1.82) is 0 Å². The molecule has 6 heteroatoms. The number of amides is 1. The molecule has 1 atom stereocenters. The van der Waals surface area contributed by atoms with E-state index in [1.54, 1.807) is 6.92 Å². The average Bonchev–Trinajstić information content (AvgIpc) is 3.05. The van der Waals surface area contributed by atoms with Crippen LogP contribution in [-0.2, 0) is 24.2 Å². The highest BCUT2D eigenvalue weighted by Crippen LogP contribution is 2.29. The molecule has 0 radical (unpaired) electrons. The number of carbonyl (C=O) groups is 1. The van der Waals surface area contributed by atoms with E-state index in [1.807, 2.05) is 17.9 Å². The second kappa shape index (κ2) is 6.63. The second-order valence-electron chi connectivity index (χ2n) is 6.24. The van der Waals surface area contributed by atoms with Crippen molar-refractivity contribution in [2.45, 2.75) is 52.6 Å². The molecule has 2 aromatic rings. The molecule has 6 nitrogen and oxygen atoms in total. The Morgan fingerprint density at radius 3 is 2.83 bits per heavy atom. The van der Waals surface area contributed by atoms with Crippen LogP contribution in [0.2, 0.25) is 0 Å². The fraction of sp³-hybridized carbons (Fsp3) is 0.500. The van der Waals surface area contributed by atoms with E-state index in [0.717, 1.165) is 13.0 Å². The lowest BCUT2D eigenvalue weighted by molar-refractivity contribution is -0.134. The molecule has 3 heterocycles. The van der Waals surface area contributed by atoms with Crippen LogP contribution in [0.25, 0.3) is 0 Å². The fourth-order valence-electron chi connectivity index (χ4n) is 3.49. The number of aromatic amines is 1. The van der Waals surface area contributed by atoms with Gasteiger partial charge < -0.3 is 14.5 Å². The Balaban J connectivity index is 1.84. The van der Waals surface area contributed by atoms with Crippen molar-refractivity contribution >= 4 is 5.91 Å². The molecule has 0 aliphatic carbocycles. The van der Waals surface area contributed by atoms with Crippen LogP contribution in [0.15, 0.2) is 23.1 Å². The van der Waals surface area contributed by atoms with E-state index in [2.05, 4.69) is 33.7 Å². The monoisotopic (exact) mass is 328 g/mol. The molecule has 3 rings (SSSR count). The van der Waals surface area contributed by atoms with Gasteiger partial charge in [-0.15, -0.1) is 0 Å². The lowest BCUT2D eigenvalue weighted by Crippen LogP contribution is -2.43. The molecule has 1 N–H and O–H groups in total. The summed E-state index contributed by atoms with van der Waals surface area (Å²) in [4.78, 5) is 34.2. The summed E-state index contributed by atoms with van der Waals surface area (Å²) in [5.41, 5.74) is 2.11. The quantitative estimate of drug-likeness (QED) is 0.933. The fourth-order valence-corrected chi connectivity index (χ4v) is 3.49. The number of fused-ring (bicyclic) bond motifs is 1. The molecule has 2 aromatic heterocycles. The van der Waals surface area contributed by atoms with Gasteiger partial charge in [0.05, 0.1) is 12.5 Å². The molecule has 0 unspecified atom stereocenters. The largest absolute Gasteiger partial charge is 0.348 e. The van der Waals surface area contributed by atoms with Crippen molar-refractivity contribution in [3.05, 3.63) is 51.5 Å². The van der Waals surface area contributed by atoms with Gasteiger partial charge in [0.25, 0.3) is 5.56 Å². The summed E-state index contributed by atoms with van der Waals surface area (Å²) >= 11 is 0. The zero-order valence-electron chi connectivity index (χ0n) is 14.5. The van der Waals surface area contributed by atoms with E-state index < -0.39 is 0 Å². The van der Waals surface area contributed by atoms with Gasteiger partial charge in [-0.25, -0.2) is 4.98 Å². The summed E-state index contributed by atoms with van der Waals surface area (Å²) in [5, 5.41) is 0. The summed E-state index contributed by atoms with van der Waals surface area (Å²) in [6.07, 6.45) is 3.70. The van der Waals surface area contributed by atoms with Gasteiger partial charge in [0.15, 0.2) is 0 Å². The first kappa shape index (κ1) is 16.5. The first-order chi connectivity index (χ1) is 11.5. The highest BCUT2D eigenvalue weighted by molar-refractivity contribution is 5.79. The van der Waals surface area contributed by atoms with Gasteiger partial charge in [0.2, 0.25) is 5.91 Å². The number of hydrogen-bond acceptors (Lipinski definition) is 3. The predicted molar refractivity (Wildman–Crippen MR) is 91.9 cm³/mol. The van der Waals surface area contributed by atoms with Crippen molar-refractivity contribution in [1.82, 2.24) is 19.4 Å². The molecule has 128 valence electrons. The third-order valence-electron chi connectivity index (χ3n) is 4.81. The first-order valence-electron chi connectivity index (χ1n) is 8.58. The number of nitrogens with one attached hydrogen (secondary N) is 1. The third-order valence-corrected chi connectivity index (χ3v) is 4.81. The standard InChI is InChI=1S/C18H24N4O2/c1-4-14-15-7-6-8-21(15)9-10-22(14)17(23)11-13-12(3)19-16(5-2)20-18(13)24/h6-8,14H,4-5,9-11H2,1-3H3,(H,19,20,24)/t14-/m1/s1. The van der Waals surface area contributed by atoms with Gasteiger partial charge in [-0.05, 0) is 25.5 Å². The topological polar surface area (TPSA) is 71.0 Å². The van der Waals surface area contributed by atoms with Crippen LogP contribution in [0, 0.1) is 6.92 Å². The molecule has 0 aromatic carbocycles. The number of aromatic nitrogens is 3. The van der Waals surface area contributed by atoms with Crippen LogP contribution in [-0.4, -0.2) is 31.9 Å². The SMILES string of the molecule is CCc1nc(C)c(CC(=O)N2CCn3cccc3[C@H]2CC)c(=O)[nH]1. The molecule has 0 saturated carbocycles. The van der Waals surface area contributed by atoms with E-state index >= 15 is 0 Å². The Hall–Kier alpha value is -2.37. The molecule has 1 amide bonds. The zero-order chi connectivity index (χ0) is 17.3. The van der Waals surface area contributed by atoms with Gasteiger partial charge in [-0.3, -0.25) is 9.59 Å². The Bertz CT molecular complexity index is 806. The van der Waals surface area contributed by atoms with Gasteiger partial charge in [-0.1, -0.05) is 13.8 Å². The zero-order valence-corrected chi connectivity index (χ0v) is 14.5. The van der Waals surface area contributed by atoms with Crippen molar-refractivity contribution in [2.24, 2.45) is 0 Å². The lowest BCUT2D eigenvalue weighted by Gasteiger charge is -2.36. The molecule has 0 saturated heterocycles. The van der Waals surface area contributed by atoms with Crippen molar-refractivity contribution in [3.8, 4) is 0 Å². The van der Waals surface area contributed by atoms with Crippen LogP contribution in [0.5, 0.6) is 0 Å². The maximum Gasteiger partial charge on any atom is 0.254 e. The van der Waals surface area contributed by atoms with Crippen LogP contribution in [0.3, 0.4) is 0 Å². The van der Waals surface area contributed by atoms with E-state index in [0.29, 0.717) is 30.0 Å². The normalized spacial score (nSPS) is 17.0. The molecule has 0 fully saturated rings. The summed E-state index contributed by atoms with van der Waals surface area (Å²) in [5.74, 6) is 0.657. The van der Waals surface area contributed by atoms with Crippen molar-refractivity contribution < 1.29 is 4.79 Å². The first-order valence-corrected chi connectivity index (χ1v) is 8.58. The second-order valence-corrected chi connectivity index (χ2v) is 6.24. The lowest BCUT2D eigenvalue weighted by atomic mass is 10.0. The van der Waals surface area contributed by atoms with Gasteiger partial charge in [0.1, 0.15) is 5.82 Å². The van der Waals surface area contributed by atoms with Crippen LogP contribution < -0.4 is 5.56 Å². The van der Waals surface area contributed by atoms with Gasteiger partial charge in [0, 0.05) is 42.7 Å². The maximum atomic E-state index is 12.9. The summed E-state index contributed by atoms with van der Waals surface area (Å²) < 4.78 is 2.20. The highest BCUT2D eigenvalue weighted by Gasteiger charge is 2.30. The molecular formula is C18H24N4O2. The van der Waals surface area contributed by atoms with Crippen molar-refractivity contribution in [2.75, 3.05) is 6.54 Å². The average molecular weight is 328 g/mol. The third kappa shape index (κ3) is 2.88. The number of hydrogen-bond donors (Lipinski definition) is 1. The Kier molecular flexibility index (Phi) is 4.55. The van der Waals surface area contributed by atoms with E-state index in [4.69, 9.17) is 0 Å². The van der Waals surface area contributed by atoms with Gasteiger partial charge in [-0.2, -0.15) is 0 Å². The molecule has 0 spiro atoms. The highest BCUT2D eigenvalue weighted by atomic mass is 16.2. The predicted octanol–water partition coefficient (Wildman–Crippen LogP) is 1.98. The minimum Gasteiger partial charge on any atom is -0.348 e. The van der Waals surface area contributed by atoms with E-state index in [1.165, 1.54) is 5.69 Å². The summed E-state index contributed by atoms with van der Waals surface area (Å²) in [7, 11) is 0. The Morgan fingerprint density at radius 1 is 1.38 bits per heavy atom. The maximum absolute atomic E-state index is 12.9. The van der Waals surface area contributed by atoms with Crippen LogP contribution in [0.1, 0.15) is 49.1 Å². The number of carbonyl (C=O) groups excluding carboxylic acids is 1. The molecule has 0 bridgehead atoms. The minimum absolute atomic E-state index is 0.00560. The molecule has 24 heavy (non-hydrogen) atoms.